The number of carbonyl (C=O) groups excluding carboxylic acids is 3. The average Bonchev–Trinajstić information content (AvgIpc) is 3.24. The molecule has 13 nitrogen and oxygen atoms in total. The summed E-state index contributed by atoms with van der Waals surface area (Å²) in [6.45, 7) is 0. The Morgan fingerprint density at radius 3 is 2.56 bits per heavy atom. The zero-order chi connectivity index (χ0) is 26.1. The van der Waals surface area contributed by atoms with E-state index in [-0.39, 0.29) is 29.7 Å². The van der Waals surface area contributed by atoms with Crippen molar-refractivity contribution in [2.24, 2.45) is 29.8 Å². The van der Waals surface area contributed by atoms with E-state index in [1.54, 1.807) is 19.3 Å². The predicted molar refractivity (Wildman–Crippen MR) is 121 cm³/mol. The van der Waals surface area contributed by atoms with Gasteiger partial charge in [-0.25, -0.2) is 0 Å². The number of aryl methyl sites for hydroxylation is 1. The van der Waals surface area contributed by atoms with Gasteiger partial charge in [-0.2, -0.15) is 0 Å². The van der Waals surface area contributed by atoms with Crippen LogP contribution in [-0.4, -0.2) is 71.3 Å². The van der Waals surface area contributed by atoms with Crippen molar-refractivity contribution in [3.05, 3.63) is 46.4 Å². The topological polar surface area (TPSA) is 210 Å². The Balaban J connectivity index is 1.73. The molecule has 5 rings (SSSR count). The van der Waals surface area contributed by atoms with Gasteiger partial charge in [0.25, 0.3) is 5.91 Å². The molecule has 3 unspecified atom stereocenters. The second-order valence-corrected chi connectivity index (χ2v) is 8.89. The first kappa shape index (κ1) is 23.2. The molecular formula is C23H21N5O8. The van der Waals surface area contributed by atoms with Gasteiger partial charge in [-0.15, -0.1) is 5.10 Å². The monoisotopic (exact) mass is 495 g/mol. The first-order valence-electron chi connectivity index (χ1n) is 10.8. The molecule has 0 spiro atoms. The van der Waals surface area contributed by atoms with Crippen molar-refractivity contribution in [1.82, 2.24) is 15.0 Å². The number of nitrogens with two attached hydrogens (primary N) is 1. The van der Waals surface area contributed by atoms with Gasteiger partial charge in [0.2, 0.25) is 11.6 Å². The van der Waals surface area contributed by atoms with E-state index < -0.39 is 57.7 Å². The summed E-state index contributed by atoms with van der Waals surface area (Å²) in [6.07, 6.45) is 1.61. The Hall–Kier alpha value is -4.52. The van der Waals surface area contributed by atoms with Crippen LogP contribution in [0.1, 0.15) is 17.5 Å². The van der Waals surface area contributed by atoms with E-state index in [9.17, 15) is 34.8 Å². The van der Waals surface area contributed by atoms with Crippen LogP contribution in [-0.2, 0) is 32.7 Å². The van der Waals surface area contributed by atoms with Crippen LogP contribution in [0.15, 0.2) is 40.4 Å². The second kappa shape index (κ2) is 7.75. The highest BCUT2D eigenvalue weighted by Gasteiger charge is 2.64. The first-order chi connectivity index (χ1) is 17.0. The molecule has 186 valence electrons. The molecule has 6 N–H and O–H groups in total. The van der Waals surface area contributed by atoms with Gasteiger partial charge in [-0.05, 0) is 36.5 Å². The number of carbonyl (C=O) groups is 3. The maximum absolute atomic E-state index is 13.7. The van der Waals surface area contributed by atoms with Crippen molar-refractivity contribution < 1.29 is 39.6 Å². The molecule has 1 amide bonds. The lowest BCUT2D eigenvalue weighted by atomic mass is 9.58. The fourth-order valence-corrected chi connectivity index (χ4v) is 5.41. The number of aliphatic hydroxyl groups excluding tert-OH is 2. The van der Waals surface area contributed by atoms with Gasteiger partial charge in [-0.1, -0.05) is 10.4 Å². The molecule has 13 heteroatoms. The zero-order valence-corrected chi connectivity index (χ0v) is 19.1. The van der Waals surface area contributed by atoms with Gasteiger partial charge in [0.1, 0.15) is 35.6 Å². The van der Waals surface area contributed by atoms with Gasteiger partial charge in [-0.3, -0.25) is 19.1 Å². The molecule has 1 aromatic carbocycles. The van der Waals surface area contributed by atoms with Crippen LogP contribution in [0.25, 0.3) is 17.0 Å². The van der Waals surface area contributed by atoms with Gasteiger partial charge in [0.15, 0.2) is 11.4 Å². The summed E-state index contributed by atoms with van der Waals surface area (Å²) in [4.78, 5) is 43.5. The Morgan fingerprint density at radius 2 is 1.94 bits per heavy atom. The highest BCUT2D eigenvalue weighted by atomic mass is 16.6. The maximum Gasteiger partial charge on any atom is 0.256 e. The minimum absolute atomic E-state index is 0.0395. The number of aliphatic hydroxyl groups is 3. The molecule has 1 fully saturated rings. The van der Waals surface area contributed by atoms with Crippen molar-refractivity contribution in [2.75, 3.05) is 7.11 Å². The summed E-state index contributed by atoms with van der Waals surface area (Å²) >= 11 is 0. The number of ketones is 2. The van der Waals surface area contributed by atoms with Gasteiger partial charge >= 0.3 is 0 Å². The summed E-state index contributed by atoms with van der Waals surface area (Å²) in [7, 11) is 2.82. The summed E-state index contributed by atoms with van der Waals surface area (Å²) in [5.41, 5.74) is 2.13. The van der Waals surface area contributed by atoms with Crippen LogP contribution in [0.4, 0.5) is 0 Å². The maximum atomic E-state index is 13.7. The third-order valence-corrected chi connectivity index (χ3v) is 6.95. The number of Topliss-reactive ketones (excluding diaryl/α,β-unsaturated/α-hetero) is 2. The number of fused-ring (bicyclic) bond motifs is 3. The number of oxime groups is 1. The highest BCUT2D eigenvalue weighted by Crippen LogP contribution is 2.51. The molecule has 3 aliphatic carbocycles. The van der Waals surface area contributed by atoms with Crippen molar-refractivity contribution in [3.8, 4) is 17.0 Å². The van der Waals surface area contributed by atoms with Crippen LogP contribution in [0.2, 0.25) is 0 Å². The number of primary amides is 1. The molecule has 0 radical (unpaired) electrons. The largest absolute Gasteiger partial charge is 0.507 e. The van der Waals surface area contributed by atoms with Gasteiger partial charge < -0.3 is 31.0 Å². The number of phenols is 1. The first-order valence-corrected chi connectivity index (χ1v) is 10.8. The molecule has 2 aromatic rings. The summed E-state index contributed by atoms with van der Waals surface area (Å²) in [5.74, 6) is -7.94. The van der Waals surface area contributed by atoms with E-state index >= 15 is 0 Å². The Labute approximate surface area is 202 Å². The fraction of sp³-hybridized carbons (Fsp3) is 0.304. The molecule has 0 bridgehead atoms. The minimum Gasteiger partial charge on any atom is -0.507 e. The number of hydrogen-bond acceptors (Lipinski definition) is 11. The van der Waals surface area contributed by atoms with E-state index in [0.29, 0.717) is 16.8 Å². The molecule has 3 atom stereocenters. The predicted octanol–water partition coefficient (Wildman–Crippen LogP) is -0.168. The van der Waals surface area contributed by atoms with Crippen LogP contribution in [0.5, 0.6) is 5.75 Å². The quantitative estimate of drug-likeness (QED) is 0.215. The molecular weight excluding hydrogens is 474 g/mol. The standard InChI is InChI=1S/C23H21N5O8/c1-28-7-12(25-27-28)9-3-4-13(29)15-10(9)5-8-6-11-17(26-36-2)19(31)16(22(24)34)21(33)23(11,35)20(32)14(8)18(15)30/h3-4,7-8,11,29-31,35H,5-6H2,1-2H3,(H2,24,34). The lowest BCUT2D eigenvalue weighted by Gasteiger charge is -2.45. The molecule has 0 saturated heterocycles. The lowest BCUT2D eigenvalue weighted by molar-refractivity contribution is -0.153. The number of benzene rings is 1. The van der Waals surface area contributed by atoms with Crippen LogP contribution in [0, 0.1) is 11.8 Å². The second-order valence-electron chi connectivity index (χ2n) is 8.89. The normalized spacial score (nSPS) is 26.6. The molecule has 36 heavy (non-hydrogen) atoms. The molecule has 1 saturated carbocycles. The molecule has 0 aliphatic heterocycles. The average molecular weight is 495 g/mol. The van der Waals surface area contributed by atoms with E-state index in [1.807, 2.05) is 0 Å². The number of allylic oxidation sites excluding steroid dienone is 1. The number of rotatable bonds is 3. The molecule has 3 aliphatic rings. The van der Waals surface area contributed by atoms with Crippen LogP contribution >= 0.6 is 0 Å². The molecule has 1 aromatic heterocycles. The van der Waals surface area contributed by atoms with Gasteiger partial charge in [0, 0.05) is 18.2 Å². The lowest BCUT2D eigenvalue weighted by Crippen LogP contribution is -2.64. The highest BCUT2D eigenvalue weighted by molar-refractivity contribution is 6.38. The Kier molecular flexibility index (Phi) is 5.00. The Morgan fingerprint density at radius 1 is 1.22 bits per heavy atom. The number of hydrogen-bond donors (Lipinski definition) is 5. The minimum atomic E-state index is -2.89. The summed E-state index contributed by atoms with van der Waals surface area (Å²) in [5, 5.41) is 55.5. The molecule has 1 heterocycles. The summed E-state index contributed by atoms with van der Waals surface area (Å²) in [6, 6.07) is 2.93. The third kappa shape index (κ3) is 2.92. The van der Waals surface area contributed by atoms with E-state index in [1.165, 1.54) is 10.7 Å². The number of phenolic OH excluding ortho intramolecular Hbond substituents is 1. The summed E-state index contributed by atoms with van der Waals surface area (Å²) < 4.78 is 1.48. The van der Waals surface area contributed by atoms with Crippen molar-refractivity contribution >= 4 is 28.9 Å². The van der Waals surface area contributed by atoms with Crippen molar-refractivity contribution in [1.29, 1.82) is 0 Å². The zero-order valence-electron chi connectivity index (χ0n) is 19.1. The van der Waals surface area contributed by atoms with Crippen LogP contribution < -0.4 is 5.73 Å². The Bertz CT molecular complexity index is 1470. The number of aromatic hydroxyl groups is 1. The van der Waals surface area contributed by atoms with Gasteiger partial charge in [0.05, 0.1) is 17.7 Å². The fourth-order valence-electron chi connectivity index (χ4n) is 5.41. The SMILES string of the molecule is CON=C1C(O)=C(C(N)=O)C(=O)C2(O)C(=O)C3=C(O)c4c(O)ccc(-c5cn(C)nn5)c4CC3CC12. The van der Waals surface area contributed by atoms with E-state index in [4.69, 9.17) is 10.6 Å². The number of nitrogens with zero attached hydrogens (tertiary/aromatic N) is 4. The van der Waals surface area contributed by atoms with E-state index in [2.05, 4.69) is 15.5 Å². The smallest absolute Gasteiger partial charge is 0.256 e. The van der Waals surface area contributed by atoms with Crippen molar-refractivity contribution in [2.45, 2.75) is 18.4 Å². The number of aromatic nitrogens is 3. The number of amides is 1. The third-order valence-electron chi connectivity index (χ3n) is 6.95. The van der Waals surface area contributed by atoms with E-state index in [0.717, 1.165) is 7.11 Å². The van der Waals surface area contributed by atoms with Crippen molar-refractivity contribution in [3.63, 3.8) is 0 Å². The van der Waals surface area contributed by atoms with Crippen LogP contribution in [0.3, 0.4) is 0 Å².